The fourth-order valence-corrected chi connectivity index (χ4v) is 3.31. The van der Waals surface area contributed by atoms with E-state index in [1.165, 1.54) is 37.7 Å². The summed E-state index contributed by atoms with van der Waals surface area (Å²) >= 11 is 2.42. The first-order valence-electron chi connectivity index (χ1n) is 4.97. The van der Waals surface area contributed by atoms with E-state index in [9.17, 15) is 9.59 Å². The van der Waals surface area contributed by atoms with E-state index in [0.717, 1.165) is 4.24 Å². The highest BCUT2D eigenvalue weighted by Crippen LogP contribution is 2.49. The summed E-state index contributed by atoms with van der Waals surface area (Å²) in [4.78, 5) is 23.7. The van der Waals surface area contributed by atoms with Crippen LogP contribution in [0.25, 0.3) is 0 Å². The van der Waals surface area contributed by atoms with E-state index in [2.05, 4.69) is 9.47 Å². The van der Waals surface area contributed by atoms with Crippen LogP contribution in [-0.2, 0) is 19.1 Å². The van der Waals surface area contributed by atoms with Crippen molar-refractivity contribution in [1.82, 2.24) is 0 Å². The van der Waals surface area contributed by atoms with Crippen molar-refractivity contribution in [2.45, 2.75) is 0 Å². The van der Waals surface area contributed by atoms with E-state index in [1.807, 2.05) is 31.0 Å². The Morgan fingerprint density at radius 3 is 1.83 bits per heavy atom. The van der Waals surface area contributed by atoms with Crippen LogP contribution in [0.4, 0.5) is 0 Å². The maximum atomic E-state index is 11.6. The summed E-state index contributed by atoms with van der Waals surface area (Å²) in [7, 11) is 6.33. The molecule has 1 rings (SSSR count). The summed E-state index contributed by atoms with van der Waals surface area (Å²) < 4.78 is 12.0. The van der Waals surface area contributed by atoms with Gasteiger partial charge in [-0.1, -0.05) is 23.5 Å². The molecule has 5 nitrogen and oxygen atoms in total. The summed E-state index contributed by atoms with van der Waals surface area (Å²) in [6.45, 7) is 0. The molecule has 0 fully saturated rings. The lowest BCUT2D eigenvalue weighted by Gasteiger charge is -2.00. The molecule has 0 bridgehead atoms. The molecule has 0 spiro atoms. The molecule has 1 heterocycles. The average Bonchev–Trinajstić information content (AvgIpc) is 2.78. The molecule has 0 saturated heterocycles. The number of nitrogens with zero attached hydrogens (tertiary/aromatic N) is 1. The lowest BCUT2D eigenvalue weighted by Crippen LogP contribution is -2.08. The van der Waals surface area contributed by atoms with Crippen molar-refractivity contribution >= 4 is 41.7 Å². The average molecular weight is 288 g/mol. The zero-order valence-electron chi connectivity index (χ0n) is 10.6. The Bertz CT molecular complexity index is 432. The molecule has 98 valence electrons. The van der Waals surface area contributed by atoms with Crippen molar-refractivity contribution in [1.29, 1.82) is 0 Å². The molecule has 0 aromatic rings. The molecule has 1 aliphatic rings. The minimum Gasteiger partial charge on any atom is -0.465 e. The number of rotatable bonds is 3. The van der Waals surface area contributed by atoms with Crippen molar-refractivity contribution < 1.29 is 23.6 Å². The van der Waals surface area contributed by atoms with Crippen molar-refractivity contribution in [3.8, 4) is 0 Å². The van der Waals surface area contributed by atoms with Gasteiger partial charge in [-0.05, 0) is 0 Å². The minimum absolute atomic E-state index is 0.271. The van der Waals surface area contributed by atoms with Crippen LogP contribution >= 0.6 is 23.5 Å². The number of carbonyl (C=O) groups excluding carboxylic acids is 2. The summed E-state index contributed by atoms with van der Waals surface area (Å²) in [5.41, 5.74) is 0. The van der Waals surface area contributed by atoms with Gasteiger partial charge in [0.15, 0.2) is 6.21 Å². The number of allylic oxidation sites excluding steroid dienone is 1. The molecule has 0 radical (unpaired) electrons. The second kappa shape index (κ2) is 6.65. The Hall–Kier alpha value is -1.21. The van der Waals surface area contributed by atoms with Crippen LogP contribution in [0.3, 0.4) is 0 Å². The van der Waals surface area contributed by atoms with Crippen LogP contribution in [0.2, 0.25) is 0 Å². The molecular weight excluding hydrogens is 274 g/mol. The highest BCUT2D eigenvalue weighted by Gasteiger charge is 2.32. The Balaban J connectivity index is 3.00. The molecular formula is C11H14NO4S2+. The maximum absolute atomic E-state index is 11.6. The van der Waals surface area contributed by atoms with Gasteiger partial charge in [-0.2, -0.15) is 0 Å². The fourth-order valence-electron chi connectivity index (χ4n) is 1.05. The van der Waals surface area contributed by atoms with Crippen LogP contribution in [0.15, 0.2) is 20.1 Å². The SMILES string of the molecule is COC(=O)C1=C(C(=O)OC)SC(=CC=[N+](C)C)S1. The predicted molar refractivity (Wildman–Crippen MR) is 72.5 cm³/mol. The van der Waals surface area contributed by atoms with Crippen LogP contribution in [0.1, 0.15) is 0 Å². The molecule has 0 aliphatic carbocycles. The standard InChI is InChI=1S/C11H14NO4S2/c1-12(2)6-5-7-17-8(10(13)15-3)9(18-7)11(14)16-4/h5-6H,1-4H3/q+1. The first-order chi connectivity index (χ1) is 8.49. The highest BCUT2D eigenvalue weighted by atomic mass is 32.2. The second-order valence-electron chi connectivity index (χ2n) is 3.44. The number of hydrogen-bond acceptors (Lipinski definition) is 6. The van der Waals surface area contributed by atoms with Crippen LogP contribution in [0, 0.1) is 0 Å². The quantitative estimate of drug-likeness (QED) is 0.442. The molecule has 0 saturated carbocycles. The van der Waals surface area contributed by atoms with E-state index in [4.69, 9.17) is 0 Å². The molecule has 0 N–H and O–H groups in total. The minimum atomic E-state index is -0.527. The van der Waals surface area contributed by atoms with E-state index in [0.29, 0.717) is 0 Å². The molecule has 0 aromatic carbocycles. The van der Waals surface area contributed by atoms with Crippen LogP contribution in [-0.4, -0.2) is 51.0 Å². The fraction of sp³-hybridized carbons (Fsp3) is 0.364. The van der Waals surface area contributed by atoms with Gasteiger partial charge in [0.05, 0.1) is 18.5 Å². The first kappa shape index (κ1) is 14.8. The Labute approximate surface area is 114 Å². The number of ether oxygens (including phenoxy) is 2. The van der Waals surface area contributed by atoms with Gasteiger partial charge in [-0.25, -0.2) is 14.2 Å². The van der Waals surface area contributed by atoms with Gasteiger partial charge in [-0.3, -0.25) is 0 Å². The van der Waals surface area contributed by atoms with Gasteiger partial charge in [-0.15, -0.1) is 0 Å². The highest BCUT2D eigenvalue weighted by molar-refractivity contribution is 8.29. The zero-order valence-corrected chi connectivity index (χ0v) is 12.2. The van der Waals surface area contributed by atoms with E-state index in [-0.39, 0.29) is 9.81 Å². The maximum Gasteiger partial charge on any atom is 0.346 e. The van der Waals surface area contributed by atoms with Crippen molar-refractivity contribution in [3.05, 3.63) is 20.1 Å². The second-order valence-corrected chi connectivity index (χ2v) is 5.81. The van der Waals surface area contributed by atoms with Crippen molar-refractivity contribution in [2.24, 2.45) is 0 Å². The Morgan fingerprint density at radius 1 is 1.06 bits per heavy atom. The predicted octanol–water partition coefficient (Wildman–Crippen LogP) is 1.21. The van der Waals surface area contributed by atoms with Gasteiger partial charge in [0.2, 0.25) is 0 Å². The number of thioether (sulfide) groups is 2. The van der Waals surface area contributed by atoms with E-state index < -0.39 is 11.9 Å². The normalized spacial score (nSPS) is 14.3. The first-order valence-corrected chi connectivity index (χ1v) is 6.61. The molecule has 0 atom stereocenters. The lowest BCUT2D eigenvalue weighted by molar-refractivity contribution is -0.458. The molecule has 0 aromatic heterocycles. The van der Waals surface area contributed by atoms with E-state index >= 15 is 0 Å². The van der Waals surface area contributed by atoms with Gasteiger partial charge < -0.3 is 9.47 Å². The third kappa shape index (κ3) is 3.64. The van der Waals surface area contributed by atoms with Crippen LogP contribution < -0.4 is 0 Å². The third-order valence-corrected chi connectivity index (χ3v) is 4.32. The topological polar surface area (TPSA) is 55.6 Å². The number of methoxy groups -OCH3 is 2. The smallest absolute Gasteiger partial charge is 0.346 e. The Kier molecular flexibility index (Phi) is 5.49. The lowest BCUT2D eigenvalue weighted by atomic mass is 10.5. The van der Waals surface area contributed by atoms with E-state index in [1.54, 1.807) is 0 Å². The molecule has 18 heavy (non-hydrogen) atoms. The summed E-state index contributed by atoms with van der Waals surface area (Å²) in [6.07, 6.45) is 3.67. The van der Waals surface area contributed by atoms with Crippen LogP contribution in [0.5, 0.6) is 0 Å². The molecule has 1 aliphatic heterocycles. The monoisotopic (exact) mass is 288 g/mol. The van der Waals surface area contributed by atoms with Gasteiger partial charge >= 0.3 is 11.9 Å². The number of carbonyl (C=O) groups is 2. The van der Waals surface area contributed by atoms with Gasteiger partial charge in [0.25, 0.3) is 0 Å². The largest absolute Gasteiger partial charge is 0.465 e. The summed E-state index contributed by atoms with van der Waals surface area (Å²) in [6, 6.07) is 0. The van der Waals surface area contributed by atoms with Gasteiger partial charge in [0, 0.05) is 6.08 Å². The number of esters is 2. The summed E-state index contributed by atoms with van der Waals surface area (Å²) in [5.74, 6) is -1.05. The third-order valence-electron chi connectivity index (χ3n) is 1.86. The van der Waals surface area contributed by atoms with Crippen molar-refractivity contribution in [2.75, 3.05) is 28.3 Å². The molecule has 0 unspecified atom stereocenters. The molecule has 0 amide bonds. The zero-order chi connectivity index (χ0) is 13.7. The number of hydrogen-bond donors (Lipinski definition) is 0. The Morgan fingerprint density at radius 2 is 1.50 bits per heavy atom. The van der Waals surface area contributed by atoms with Gasteiger partial charge in [0.1, 0.15) is 23.9 Å². The molecule has 7 heteroatoms. The summed E-state index contributed by atoms with van der Waals surface area (Å²) in [5, 5.41) is 0. The van der Waals surface area contributed by atoms with Crippen molar-refractivity contribution in [3.63, 3.8) is 0 Å².